The Kier molecular flexibility index (Phi) is 6.09. The lowest BCUT2D eigenvalue weighted by atomic mass is 9.84. The van der Waals surface area contributed by atoms with Gasteiger partial charge >= 0.3 is 5.97 Å². The number of aliphatic carboxylic acids is 1. The fraction of sp³-hybridized carbons (Fsp3) is 0.500. The maximum atomic E-state index is 13.1. The van der Waals surface area contributed by atoms with Gasteiger partial charge in [-0.1, -0.05) is 5.16 Å². The predicted molar refractivity (Wildman–Crippen MR) is 131 cm³/mol. The number of thioether (sulfide) groups is 1. The van der Waals surface area contributed by atoms with Gasteiger partial charge in [-0.3, -0.25) is 19.0 Å². The molecule has 6 heterocycles. The van der Waals surface area contributed by atoms with Crippen molar-refractivity contribution in [3.05, 3.63) is 34.1 Å². The zero-order valence-electron chi connectivity index (χ0n) is 19.4. The Labute approximate surface area is 210 Å². The van der Waals surface area contributed by atoms with Gasteiger partial charge in [-0.05, 0) is 18.4 Å². The van der Waals surface area contributed by atoms with Crippen LogP contribution < -0.4 is 11.1 Å². The molecule has 0 unspecified atom stereocenters. The summed E-state index contributed by atoms with van der Waals surface area (Å²) in [6.45, 7) is 4.72. The van der Waals surface area contributed by atoms with Crippen LogP contribution in [0.1, 0.15) is 25.5 Å². The van der Waals surface area contributed by atoms with E-state index < -0.39 is 29.2 Å². The molecule has 2 atom stereocenters. The normalized spacial score (nSPS) is 29.9. The molecule has 2 bridgehead atoms. The second-order valence-corrected chi connectivity index (χ2v) is 11.3. The number of nitrogen functional groups attached to an aromatic ring is 1. The third kappa shape index (κ3) is 4.10. The monoisotopic (exact) mass is 519 g/mol. The van der Waals surface area contributed by atoms with Crippen molar-refractivity contribution < 1.29 is 28.8 Å². The minimum absolute atomic E-state index is 0.0496. The van der Waals surface area contributed by atoms with E-state index in [1.165, 1.54) is 29.3 Å². The number of piperidine rings is 1. The molecule has 35 heavy (non-hydrogen) atoms. The van der Waals surface area contributed by atoms with E-state index >= 15 is 0 Å². The van der Waals surface area contributed by atoms with Gasteiger partial charge in [0.15, 0.2) is 10.8 Å². The first kappa shape index (κ1) is 23.8. The van der Waals surface area contributed by atoms with Crippen LogP contribution in [-0.4, -0.2) is 86.9 Å². The maximum absolute atomic E-state index is 13.1. The Morgan fingerprint density at radius 1 is 1.40 bits per heavy atom. The van der Waals surface area contributed by atoms with Crippen molar-refractivity contribution in [3.63, 3.8) is 0 Å². The van der Waals surface area contributed by atoms with Gasteiger partial charge in [0, 0.05) is 29.5 Å². The molecule has 2 saturated heterocycles. The van der Waals surface area contributed by atoms with E-state index in [0.29, 0.717) is 18.2 Å². The van der Waals surface area contributed by atoms with E-state index in [-0.39, 0.29) is 22.2 Å². The number of anilines is 1. The maximum Gasteiger partial charge on any atom is 0.352 e. The van der Waals surface area contributed by atoms with E-state index in [0.717, 1.165) is 47.3 Å². The lowest BCUT2D eigenvalue weighted by Gasteiger charge is -2.51. The zero-order chi connectivity index (χ0) is 24.9. The van der Waals surface area contributed by atoms with Crippen molar-refractivity contribution in [1.29, 1.82) is 0 Å². The molecule has 1 aromatic heterocycles. The number of fused-ring (bicyclic) bond motifs is 3. The molecule has 13 heteroatoms. The van der Waals surface area contributed by atoms with Crippen molar-refractivity contribution in [2.75, 3.05) is 38.2 Å². The Hall–Kier alpha value is -2.90. The number of nitrogens with one attached hydrogen (secondary N) is 1. The van der Waals surface area contributed by atoms with Crippen LogP contribution in [0.4, 0.5) is 5.13 Å². The number of carbonyl (C=O) groups is 3. The topological polar surface area (TPSA) is 147 Å². The number of nitrogens with two attached hydrogens (primary N) is 1. The summed E-state index contributed by atoms with van der Waals surface area (Å²) in [5.41, 5.74) is 7.99. The van der Waals surface area contributed by atoms with Gasteiger partial charge < -0.3 is 21.0 Å². The molecule has 0 aromatic carbocycles. The number of oxime groups is 1. The number of amides is 2. The van der Waals surface area contributed by atoms with Crippen molar-refractivity contribution >= 4 is 51.7 Å². The lowest BCUT2D eigenvalue weighted by Crippen LogP contribution is -2.71. The average Bonchev–Trinajstić information content (AvgIpc) is 3.26. The van der Waals surface area contributed by atoms with Crippen LogP contribution in [0, 0.1) is 5.92 Å². The number of hydrogen-bond acceptors (Lipinski definition) is 9. The number of hydrogen-bond donors (Lipinski definition) is 3. The number of carbonyl (C=O) groups excluding carboxylic acids is 2. The predicted octanol–water partition coefficient (Wildman–Crippen LogP) is 0.959. The number of nitrogens with zero attached hydrogens (tertiary/aromatic N) is 4. The van der Waals surface area contributed by atoms with Crippen LogP contribution >= 0.6 is 23.1 Å². The molecule has 0 aliphatic carbocycles. The summed E-state index contributed by atoms with van der Waals surface area (Å²) in [7, 11) is 1.30. The van der Waals surface area contributed by atoms with Crippen LogP contribution in [0.3, 0.4) is 0 Å². The van der Waals surface area contributed by atoms with Gasteiger partial charge in [-0.25, -0.2) is 9.78 Å². The summed E-state index contributed by atoms with van der Waals surface area (Å²) >= 11 is 2.62. The van der Waals surface area contributed by atoms with Gasteiger partial charge in [-0.15, -0.1) is 23.1 Å². The number of allylic oxidation sites excluding steroid dienone is 1. The fourth-order valence-corrected chi connectivity index (χ4v) is 7.38. The molecule has 5 aliphatic heterocycles. The number of quaternary nitrogens is 1. The van der Waals surface area contributed by atoms with Gasteiger partial charge in [-0.2, -0.15) is 0 Å². The Bertz CT molecular complexity index is 1180. The van der Waals surface area contributed by atoms with E-state index in [1.54, 1.807) is 5.38 Å². The number of carboxylic acids is 1. The quantitative estimate of drug-likeness (QED) is 0.209. The van der Waals surface area contributed by atoms with E-state index in [1.807, 2.05) is 0 Å². The van der Waals surface area contributed by atoms with Crippen LogP contribution in [0.5, 0.6) is 0 Å². The van der Waals surface area contributed by atoms with Crippen LogP contribution in [0.15, 0.2) is 33.6 Å². The van der Waals surface area contributed by atoms with Gasteiger partial charge in [0.25, 0.3) is 11.8 Å². The summed E-state index contributed by atoms with van der Waals surface area (Å²) in [6.07, 6.45) is 4.50. The molecule has 0 radical (unpaired) electrons. The first-order valence-corrected chi connectivity index (χ1v) is 13.2. The van der Waals surface area contributed by atoms with E-state index in [9.17, 15) is 19.5 Å². The lowest BCUT2D eigenvalue weighted by molar-refractivity contribution is -0.885. The van der Waals surface area contributed by atoms with Crippen molar-refractivity contribution in [1.82, 2.24) is 15.2 Å². The minimum Gasteiger partial charge on any atom is -0.477 e. The SMILES string of the molecule is CO/N=C(\C(=O)N[C@@H]1C(=O)N2C(C(=O)O)=C(C[N+]34C=C(C)C(CC3)CC4)CS[C@H]12)c1csc(N)n1. The van der Waals surface area contributed by atoms with Crippen molar-refractivity contribution in [2.45, 2.75) is 31.2 Å². The summed E-state index contributed by atoms with van der Waals surface area (Å²) < 4.78 is 0.746. The number of thiazole rings is 1. The second-order valence-electron chi connectivity index (χ2n) is 9.28. The third-order valence-corrected chi connectivity index (χ3v) is 9.19. The molecule has 6 rings (SSSR count). The van der Waals surface area contributed by atoms with Crippen molar-refractivity contribution in [2.24, 2.45) is 11.1 Å². The van der Waals surface area contributed by atoms with Crippen LogP contribution in [0.25, 0.3) is 0 Å². The third-order valence-electron chi connectivity index (χ3n) is 7.17. The minimum atomic E-state index is -1.12. The molecule has 5 aliphatic rings. The van der Waals surface area contributed by atoms with E-state index in [2.05, 4.69) is 28.6 Å². The molecule has 11 nitrogen and oxygen atoms in total. The molecular formula is C22H27N6O5S2+. The highest BCUT2D eigenvalue weighted by atomic mass is 32.2. The number of carboxylic acid groups (broad SMARTS) is 1. The smallest absolute Gasteiger partial charge is 0.352 e. The molecular weight excluding hydrogens is 492 g/mol. The van der Waals surface area contributed by atoms with Crippen molar-refractivity contribution in [3.8, 4) is 0 Å². The number of β-lactam (4-membered cyclic amide) rings is 1. The van der Waals surface area contributed by atoms with Gasteiger partial charge in [0.05, 0.1) is 19.3 Å². The van der Waals surface area contributed by atoms with Crippen LogP contribution in [-0.2, 0) is 19.2 Å². The second kappa shape index (κ2) is 8.95. The molecule has 2 amide bonds. The van der Waals surface area contributed by atoms with Gasteiger partial charge in [0.2, 0.25) is 0 Å². The molecule has 2 fully saturated rings. The van der Waals surface area contributed by atoms with Crippen LogP contribution in [0.2, 0.25) is 0 Å². The first-order chi connectivity index (χ1) is 16.7. The Balaban J connectivity index is 1.35. The zero-order valence-corrected chi connectivity index (χ0v) is 21.0. The summed E-state index contributed by atoms with van der Waals surface area (Å²) in [5.74, 6) is -1.09. The molecule has 0 saturated carbocycles. The number of rotatable bonds is 7. The standard InChI is InChI=1S/C22H26N6O5S2/c1-11-7-28(5-3-12(11)4-6-28)8-13-9-34-20-16(19(30)27(20)17(13)21(31)32)25-18(29)15(26-33-2)14-10-35-22(23)24-14/h7,10,12,16,20H,3-6,8-9H2,1-2H3,(H3-,23,24,25,29,31,32)/p+1/b26-15-/t12?,16-,20-,28?/m1/s1. The summed E-state index contributed by atoms with van der Waals surface area (Å²) in [4.78, 5) is 48.4. The Morgan fingerprint density at radius 2 is 2.14 bits per heavy atom. The summed E-state index contributed by atoms with van der Waals surface area (Å²) in [5, 5.41) is 17.8. The van der Waals surface area contributed by atoms with Gasteiger partial charge in [0.1, 0.15) is 36.5 Å². The summed E-state index contributed by atoms with van der Waals surface area (Å²) in [6, 6.07) is -0.874. The first-order valence-electron chi connectivity index (χ1n) is 11.3. The number of aromatic nitrogens is 1. The highest BCUT2D eigenvalue weighted by molar-refractivity contribution is 8.00. The average molecular weight is 520 g/mol. The Morgan fingerprint density at radius 3 is 2.74 bits per heavy atom. The fourth-order valence-electron chi connectivity index (χ4n) is 5.49. The molecule has 1 aromatic rings. The highest BCUT2D eigenvalue weighted by Crippen LogP contribution is 2.43. The highest BCUT2D eigenvalue weighted by Gasteiger charge is 2.55. The largest absolute Gasteiger partial charge is 0.477 e. The van der Waals surface area contributed by atoms with E-state index in [4.69, 9.17) is 10.6 Å². The molecule has 4 N–H and O–H groups in total. The molecule has 186 valence electrons. The molecule has 0 spiro atoms.